The van der Waals surface area contributed by atoms with E-state index in [1.807, 2.05) is 0 Å². The SMILES string of the molecule is NCC1(C(=O)Nc2ccccc2F)CCCCC1. The highest BCUT2D eigenvalue weighted by atomic mass is 19.1. The third-order valence-electron chi connectivity index (χ3n) is 3.81. The summed E-state index contributed by atoms with van der Waals surface area (Å²) in [6, 6.07) is 6.21. The van der Waals surface area contributed by atoms with Gasteiger partial charge in [-0.05, 0) is 25.0 Å². The Morgan fingerprint density at radius 2 is 1.94 bits per heavy atom. The van der Waals surface area contributed by atoms with Crippen molar-refractivity contribution in [3.8, 4) is 0 Å². The first-order chi connectivity index (χ1) is 8.68. The van der Waals surface area contributed by atoms with E-state index >= 15 is 0 Å². The maximum absolute atomic E-state index is 13.5. The lowest BCUT2D eigenvalue weighted by atomic mass is 9.73. The molecule has 1 amide bonds. The molecule has 4 heteroatoms. The Labute approximate surface area is 107 Å². The molecular weight excluding hydrogens is 231 g/mol. The number of carbonyl (C=O) groups excluding carboxylic acids is 1. The monoisotopic (exact) mass is 250 g/mol. The molecule has 0 heterocycles. The predicted molar refractivity (Wildman–Crippen MR) is 69.6 cm³/mol. The maximum atomic E-state index is 13.5. The van der Waals surface area contributed by atoms with E-state index in [1.54, 1.807) is 18.2 Å². The van der Waals surface area contributed by atoms with Crippen molar-refractivity contribution in [3.05, 3.63) is 30.1 Å². The van der Waals surface area contributed by atoms with Gasteiger partial charge in [0.2, 0.25) is 5.91 Å². The first kappa shape index (κ1) is 13.0. The van der Waals surface area contributed by atoms with Gasteiger partial charge in [-0.2, -0.15) is 0 Å². The van der Waals surface area contributed by atoms with Crippen molar-refractivity contribution in [1.82, 2.24) is 0 Å². The average molecular weight is 250 g/mol. The Morgan fingerprint density at radius 3 is 2.56 bits per heavy atom. The van der Waals surface area contributed by atoms with Gasteiger partial charge in [0.05, 0.1) is 11.1 Å². The fourth-order valence-electron chi connectivity index (χ4n) is 2.57. The van der Waals surface area contributed by atoms with Gasteiger partial charge in [-0.15, -0.1) is 0 Å². The van der Waals surface area contributed by atoms with E-state index in [0.717, 1.165) is 32.1 Å². The van der Waals surface area contributed by atoms with Gasteiger partial charge in [0.15, 0.2) is 0 Å². The number of hydrogen-bond donors (Lipinski definition) is 2. The van der Waals surface area contributed by atoms with Crippen molar-refractivity contribution in [3.63, 3.8) is 0 Å². The fraction of sp³-hybridized carbons (Fsp3) is 0.500. The number of carbonyl (C=O) groups is 1. The van der Waals surface area contributed by atoms with Crippen molar-refractivity contribution < 1.29 is 9.18 Å². The van der Waals surface area contributed by atoms with Crippen LogP contribution in [0.4, 0.5) is 10.1 Å². The second-order valence-electron chi connectivity index (χ2n) is 4.98. The molecule has 0 aromatic heterocycles. The van der Waals surface area contributed by atoms with Crippen LogP contribution in [0.5, 0.6) is 0 Å². The van der Waals surface area contributed by atoms with Gasteiger partial charge in [-0.3, -0.25) is 4.79 Å². The van der Waals surface area contributed by atoms with E-state index in [0.29, 0.717) is 6.54 Å². The molecule has 0 bridgehead atoms. The maximum Gasteiger partial charge on any atom is 0.231 e. The molecule has 1 aliphatic carbocycles. The summed E-state index contributed by atoms with van der Waals surface area (Å²) in [7, 11) is 0. The summed E-state index contributed by atoms with van der Waals surface area (Å²) < 4.78 is 13.5. The van der Waals surface area contributed by atoms with E-state index in [2.05, 4.69) is 5.32 Å². The zero-order valence-corrected chi connectivity index (χ0v) is 10.4. The molecule has 1 aromatic carbocycles. The van der Waals surface area contributed by atoms with E-state index < -0.39 is 11.2 Å². The molecule has 3 nitrogen and oxygen atoms in total. The molecule has 0 radical (unpaired) electrons. The summed E-state index contributed by atoms with van der Waals surface area (Å²) in [5.74, 6) is -0.552. The van der Waals surface area contributed by atoms with Gasteiger partial charge in [0, 0.05) is 6.54 Å². The number of nitrogens with two attached hydrogens (primary N) is 1. The smallest absolute Gasteiger partial charge is 0.231 e. The van der Waals surface area contributed by atoms with Crippen LogP contribution in [0.25, 0.3) is 0 Å². The van der Waals surface area contributed by atoms with Crippen LogP contribution in [0.3, 0.4) is 0 Å². The second kappa shape index (κ2) is 5.48. The molecular formula is C14H19FN2O. The van der Waals surface area contributed by atoms with Crippen LogP contribution in [-0.4, -0.2) is 12.5 Å². The number of para-hydroxylation sites is 1. The Morgan fingerprint density at radius 1 is 1.28 bits per heavy atom. The van der Waals surface area contributed by atoms with Crippen molar-refractivity contribution in [2.24, 2.45) is 11.1 Å². The van der Waals surface area contributed by atoms with Crippen LogP contribution >= 0.6 is 0 Å². The van der Waals surface area contributed by atoms with Crippen LogP contribution < -0.4 is 11.1 Å². The molecule has 0 unspecified atom stereocenters. The van der Waals surface area contributed by atoms with Gasteiger partial charge < -0.3 is 11.1 Å². The number of anilines is 1. The molecule has 1 saturated carbocycles. The second-order valence-corrected chi connectivity index (χ2v) is 4.98. The van der Waals surface area contributed by atoms with Gasteiger partial charge in [0.1, 0.15) is 5.82 Å². The molecule has 98 valence electrons. The third-order valence-corrected chi connectivity index (χ3v) is 3.81. The third kappa shape index (κ3) is 2.53. The van der Waals surface area contributed by atoms with E-state index in [9.17, 15) is 9.18 Å². The van der Waals surface area contributed by atoms with Crippen LogP contribution in [0.1, 0.15) is 32.1 Å². The minimum Gasteiger partial charge on any atom is -0.329 e. The van der Waals surface area contributed by atoms with Gasteiger partial charge >= 0.3 is 0 Å². The molecule has 18 heavy (non-hydrogen) atoms. The highest BCUT2D eigenvalue weighted by Crippen LogP contribution is 2.36. The van der Waals surface area contributed by atoms with Crippen molar-refractivity contribution in [1.29, 1.82) is 0 Å². The zero-order chi connectivity index (χ0) is 13.0. The standard InChI is InChI=1S/C14H19FN2O/c15-11-6-2-3-7-12(11)17-13(18)14(10-16)8-4-1-5-9-14/h2-3,6-7H,1,4-5,8-10,16H2,(H,17,18). The Kier molecular flexibility index (Phi) is 3.97. The molecule has 3 N–H and O–H groups in total. The lowest BCUT2D eigenvalue weighted by molar-refractivity contribution is -0.126. The van der Waals surface area contributed by atoms with Crippen molar-refractivity contribution in [2.45, 2.75) is 32.1 Å². The summed E-state index contributed by atoms with van der Waals surface area (Å²) in [6.07, 6.45) is 4.77. The molecule has 2 rings (SSSR count). The van der Waals surface area contributed by atoms with E-state index in [1.165, 1.54) is 6.07 Å². The first-order valence-electron chi connectivity index (χ1n) is 6.44. The molecule has 0 spiro atoms. The molecule has 0 saturated heterocycles. The summed E-state index contributed by atoms with van der Waals surface area (Å²) in [5, 5.41) is 2.68. The minimum absolute atomic E-state index is 0.144. The van der Waals surface area contributed by atoms with E-state index in [4.69, 9.17) is 5.73 Å². The normalized spacial score (nSPS) is 18.3. The lowest BCUT2D eigenvalue weighted by Gasteiger charge is -2.34. The number of benzene rings is 1. The lowest BCUT2D eigenvalue weighted by Crippen LogP contribution is -2.44. The predicted octanol–water partition coefficient (Wildman–Crippen LogP) is 2.67. The average Bonchev–Trinajstić information content (AvgIpc) is 2.42. The zero-order valence-electron chi connectivity index (χ0n) is 10.4. The molecule has 0 aliphatic heterocycles. The molecule has 1 aliphatic rings. The highest BCUT2D eigenvalue weighted by molar-refractivity contribution is 5.95. The van der Waals surface area contributed by atoms with Crippen LogP contribution in [0.15, 0.2) is 24.3 Å². The van der Waals surface area contributed by atoms with Crippen LogP contribution in [-0.2, 0) is 4.79 Å². The number of rotatable bonds is 3. The molecule has 0 atom stereocenters. The summed E-state index contributed by atoms with van der Waals surface area (Å²) in [4.78, 5) is 12.3. The highest BCUT2D eigenvalue weighted by Gasteiger charge is 2.38. The van der Waals surface area contributed by atoms with E-state index in [-0.39, 0.29) is 11.6 Å². The van der Waals surface area contributed by atoms with Crippen LogP contribution in [0, 0.1) is 11.2 Å². The number of halogens is 1. The fourth-order valence-corrected chi connectivity index (χ4v) is 2.57. The number of hydrogen-bond acceptors (Lipinski definition) is 2. The largest absolute Gasteiger partial charge is 0.329 e. The Hall–Kier alpha value is -1.42. The van der Waals surface area contributed by atoms with Crippen LogP contribution in [0.2, 0.25) is 0 Å². The van der Waals surface area contributed by atoms with Gasteiger partial charge in [-0.25, -0.2) is 4.39 Å². The topological polar surface area (TPSA) is 55.1 Å². The Bertz CT molecular complexity index is 428. The van der Waals surface area contributed by atoms with Gasteiger partial charge in [-0.1, -0.05) is 31.4 Å². The molecule has 1 fully saturated rings. The number of amides is 1. The quantitative estimate of drug-likeness (QED) is 0.866. The van der Waals surface area contributed by atoms with Gasteiger partial charge in [0.25, 0.3) is 0 Å². The molecule has 1 aromatic rings. The van der Waals surface area contributed by atoms with Crippen molar-refractivity contribution >= 4 is 11.6 Å². The summed E-state index contributed by atoms with van der Waals surface area (Å²) >= 11 is 0. The summed E-state index contributed by atoms with van der Waals surface area (Å²) in [5.41, 5.74) is 5.50. The first-order valence-corrected chi connectivity index (χ1v) is 6.44. The summed E-state index contributed by atoms with van der Waals surface area (Å²) in [6.45, 7) is 0.327. The number of nitrogens with one attached hydrogen (secondary N) is 1. The Balaban J connectivity index is 2.13. The van der Waals surface area contributed by atoms with Crippen molar-refractivity contribution in [2.75, 3.05) is 11.9 Å². The minimum atomic E-state index is -0.513.